The Bertz CT molecular complexity index is 122. The molecular weight excluding hydrogens is 132 g/mol. The molecule has 0 saturated carbocycles. The molecule has 1 heterocycles. The van der Waals surface area contributed by atoms with E-state index in [1.54, 1.807) is 7.11 Å². The Hall–Kier alpha value is -0.570. The van der Waals surface area contributed by atoms with Gasteiger partial charge in [-0.25, -0.2) is 0 Å². The van der Waals surface area contributed by atoms with Gasteiger partial charge in [0.2, 0.25) is 0 Å². The fourth-order valence-electron chi connectivity index (χ4n) is 1.06. The number of methoxy groups -OCH3 is 1. The summed E-state index contributed by atoms with van der Waals surface area (Å²) in [5.74, 6) is 0.0389. The minimum Gasteiger partial charge on any atom is -0.465 e. The number of carbonyl (C=O) groups is 1. The molecule has 1 rings (SSSR count). The normalized spacial score (nSPS) is 24.9. The summed E-state index contributed by atoms with van der Waals surface area (Å²) in [4.78, 5) is 10.8. The molecule has 0 aliphatic carbocycles. The van der Waals surface area contributed by atoms with Crippen LogP contribution in [0.4, 0.5) is 0 Å². The molecule has 0 N–H and O–H groups in total. The van der Waals surface area contributed by atoms with E-state index in [2.05, 4.69) is 0 Å². The van der Waals surface area contributed by atoms with Crippen LogP contribution in [0.15, 0.2) is 0 Å². The van der Waals surface area contributed by atoms with E-state index in [1.165, 1.54) is 0 Å². The lowest BCUT2D eigenvalue weighted by atomic mass is 10.1. The molecule has 0 aromatic rings. The third kappa shape index (κ3) is 1.70. The zero-order chi connectivity index (χ0) is 7.40. The van der Waals surface area contributed by atoms with E-state index in [1.807, 2.05) is 0 Å². The van der Waals surface area contributed by atoms with Gasteiger partial charge in [0, 0.05) is 13.7 Å². The van der Waals surface area contributed by atoms with E-state index in [9.17, 15) is 4.79 Å². The monoisotopic (exact) mass is 144 g/mol. The second kappa shape index (κ2) is 3.56. The maximum absolute atomic E-state index is 10.8. The first-order valence-electron chi connectivity index (χ1n) is 3.50. The molecule has 1 fully saturated rings. The summed E-state index contributed by atoms with van der Waals surface area (Å²) in [5, 5.41) is 0. The van der Waals surface area contributed by atoms with Crippen molar-refractivity contribution in [1.82, 2.24) is 0 Å². The van der Waals surface area contributed by atoms with E-state index in [-0.39, 0.29) is 11.9 Å². The van der Waals surface area contributed by atoms with Gasteiger partial charge in [-0.2, -0.15) is 0 Å². The molecule has 0 bridgehead atoms. The quantitative estimate of drug-likeness (QED) is 0.544. The Balaban J connectivity index is 2.20. The summed E-state index contributed by atoms with van der Waals surface area (Å²) in [5.41, 5.74) is 0. The van der Waals surface area contributed by atoms with Gasteiger partial charge in [-0.05, 0) is 12.8 Å². The van der Waals surface area contributed by atoms with E-state index >= 15 is 0 Å². The SMILES string of the molecule is COCC[C@@H]1CCOC1=O. The average Bonchev–Trinajstić information content (AvgIpc) is 2.31. The smallest absolute Gasteiger partial charge is 0.309 e. The largest absolute Gasteiger partial charge is 0.465 e. The molecule has 1 atom stereocenters. The number of rotatable bonds is 3. The Morgan fingerprint density at radius 1 is 1.80 bits per heavy atom. The van der Waals surface area contributed by atoms with Crippen molar-refractivity contribution in [2.45, 2.75) is 12.8 Å². The molecule has 0 radical (unpaired) electrons. The molecule has 1 saturated heterocycles. The van der Waals surface area contributed by atoms with Crippen molar-refractivity contribution in [2.75, 3.05) is 20.3 Å². The summed E-state index contributed by atoms with van der Waals surface area (Å²) in [6.07, 6.45) is 1.66. The van der Waals surface area contributed by atoms with E-state index < -0.39 is 0 Å². The highest BCUT2D eigenvalue weighted by Gasteiger charge is 2.25. The van der Waals surface area contributed by atoms with Gasteiger partial charge >= 0.3 is 5.97 Å². The maximum atomic E-state index is 10.8. The van der Waals surface area contributed by atoms with Crippen LogP contribution in [0.5, 0.6) is 0 Å². The molecule has 1 aliphatic rings. The molecule has 58 valence electrons. The van der Waals surface area contributed by atoms with E-state index in [4.69, 9.17) is 9.47 Å². The fourth-order valence-corrected chi connectivity index (χ4v) is 1.06. The molecule has 0 aromatic heterocycles. The van der Waals surface area contributed by atoms with Gasteiger partial charge in [0.25, 0.3) is 0 Å². The van der Waals surface area contributed by atoms with Crippen molar-refractivity contribution in [3.63, 3.8) is 0 Å². The molecule has 0 unspecified atom stereocenters. The predicted molar refractivity (Wildman–Crippen MR) is 35.6 cm³/mol. The second-order valence-electron chi connectivity index (χ2n) is 2.43. The standard InChI is InChI=1S/C7H12O3/c1-9-4-2-6-3-5-10-7(6)8/h6H,2-5H2,1H3/t6-/m1/s1. The lowest BCUT2D eigenvalue weighted by Crippen LogP contribution is -2.09. The van der Waals surface area contributed by atoms with E-state index in [0.29, 0.717) is 13.2 Å². The van der Waals surface area contributed by atoms with Gasteiger partial charge in [0.05, 0.1) is 12.5 Å². The number of ether oxygens (including phenoxy) is 2. The van der Waals surface area contributed by atoms with Crippen LogP contribution >= 0.6 is 0 Å². The minimum absolute atomic E-state index is 0.0583. The highest BCUT2D eigenvalue weighted by atomic mass is 16.5. The lowest BCUT2D eigenvalue weighted by molar-refractivity contribution is -0.141. The molecule has 3 nitrogen and oxygen atoms in total. The van der Waals surface area contributed by atoms with Crippen molar-refractivity contribution in [2.24, 2.45) is 5.92 Å². The molecule has 3 heteroatoms. The minimum atomic E-state index is -0.0583. The van der Waals surface area contributed by atoms with Crippen LogP contribution in [-0.2, 0) is 14.3 Å². The van der Waals surface area contributed by atoms with Gasteiger partial charge < -0.3 is 9.47 Å². The molecule has 10 heavy (non-hydrogen) atoms. The van der Waals surface area contributed by atoms with Crippen LogP contribution in [-0.4, -0.2) is 26.3 Å². The summed E-state index contributed by atoms with van der Waals surface area (Å²) >= 11 is 0. The van der Waals surface area contributed by atoms with Crippen molar-refractivity contribution in [3.05, 3.63) is 0 Å². The summed E-state index contributed by atoms with van der Waals surface area (Å²) in [6.45, 7) is 1.24. The molecule has 1 aliphatic heterocycles. The van der Waals surface area contributed by atoms with Crippen LogP contribution in [0.3, 0.4) is 0 Å². The Morgan fingerprint density at radius 2 is 2.60 bits per heavy atom. The van der Waals surface area contributed by atoms with Crippen LogP contribution in [0.1, 0.15) is 12.8 Å². The number of carbonyl (C=O) groups excluding carboxylic acids is 1. The summed E-state index contributed by atoms with van der Waals surface area (Å²) < 4.78 is 9.61. The Morgan fingerprint density at radius 3 is 3.10 bits per heavy atom. The topological polar surface area (TPSA) is 35.5 Å². The van der Waals surface area contributed by atoms with Crippen LogP contribution in [0.25, 0.3) is 0 Å². The van der Waals surface area contributed by atoms with Gasteiger partial charge in [0.1, 0.15) is 0 Å². The highest BCUT2D eigenvalue weighted by Crippen LogP contribution is 2.17. The molecule has 0 amide bonds. The maximum Gasteiger partial charge on any atom is 0.309 e. The van der Waals surface area contributed by atoms with Gasteiger partial charge in [0.15, 0.2) is 0 Å². The predicted octanol–water partition coefficient (Wildman–Crippen LogP) is 0.586. The summed E-state index contributed by atoms with van der Waals surface area (Å²) in [6, 6.07) is 0. The number of hydrogen-bond donors (Lipinski definition) is 0. The van der Waals surface area contributed by atoms with Gasteiger partial charge in [-0.15, -0.1) is 0 Å². The Labute approximate surface area is 60.3 Å². The Kier molecular flexibility index (Phi) is 2.68. The van der Waals surface area contributed by atoms with Crippen LogP contribution in [0, 0.1) is 5.92 Å². The molecular formula is C7H12O3. The van der Waals surface area contributed by atoms with E-state index in [0.717, 1.165) is 12.8 Å². The third-order valence-electron chi connectivity index (χ3n) is 1.71. The van der Waals surface area contributed by atoms with Gasteiger partial charge in [-0.1, -0.05) is 0 Å². The highest BCUT2D eigenvalue weighted by molar-refractivity contribution is 5.73. The first-order chi connectivity index (χ1) is 4.84. The van der Waals surface area contributed by atoms with Crippen molar-refractivity contribution >= 4 is 5.97 Å². The molecule has 0 aromatic carbocycles. The van der Waals surface area contributed by atoms with Crippen LogP contribution < -0.4 is 0 Å². The first-order valence-corrected chi connectivity index (χ1v) is 3.50. The van der Waals surface area contributed by atoms with Gasteiger partial charge in [-0.3, -0.25) is 4.79 Å². The van der Waals surface area contributed by atoms with Crippen molar-refractivity contribution in [3.8, 4) is 0 Å². The van der Waals surface area contributed by atoms with Crippen LogP contribution in [0.2, 0.25) is 0 Å². The zero-order valence-electron chi connectivity index (χ0n) is 6.13. The number of cyclic esters (lactones) is 1. The zero-order valence-corrected chi connectivity index (χ0v) is 6.13. The third-order valence-corrected chi connectivity index (χ3v) is 1.71. The number of esters is 1. The van der Waals surface area contributed by atoms with Crippen molar-refractivity contribution in [1.29, 1.82) is 0 Å². The number of hydrogen-bond acceptors (Lipinski definition) is 3. The fraction of sp³-hybridized carbons (Fsp3) is 0.857. The lowest BCUT2D eigenvalue weighted by Gasteiger charge is -2.01. The van der Waals surface area contributed by atoms with Crippen molar-refractivity contribution < 1.29 is 14.3 Å². The average molecular weight is 144 g/mol. The molecule has 0 spiro atoms. The first kappa shape index (κ1) is 7.54. The summed E-state index contributed by atoms with van der Waals surface area (Å²) in [7, 11) is 1.64. The second-order valence-corrected chi connectivity index (χ2v) is 2.43.